The number of nitrogens with zero attached hydrogens (tertiary/aromatic N) is 1. The third-order valence-electron chi connectivity index (χ3n) is 3.39. The Bertz CT molecular complexity index is 599. The summed E-state index contributed by atoms with van der Waals surface area (Å²) in [6, 6.07) is 5.69. The zero-order valence-electron chi connectivity index (χ0n) is 11.0. The largest absolute Gasteiger partial charge is 0.390 e. The molecule has 0 spiro atoms. The summed E-state index contributed by atoms with van der Waals surface area (Å²) in [6.45, 7) is 2.09. The minimum atomic E-state index is -3.29. The summed E-state index contributed by atoms with van der Waals surface area (Å²) in [4.78, 5) is 13.8. The maximum atomic E-state index is 12.4. The van der Waals surface area contributed by atoms with E-state index in [1.165, 1.54) is 4.90 Å². The number of likely N-dealkylation sites (N-methyl/N-ethyl adjacent to an activating group) is 1. The highest BCUT2D eigenvalue weighted by atomic mass is 35.5. The zero-order chi connectivity index (χ0) is 14.9. The van der Waals surface area contributed by atoms with Gasteiger partial charge in [-0.2, -0.15) is 0 Å². The van der Waals surface area contributed by atoms with Crippen LogP contribution >= 0.6 is 11.6 Å². The fourth-order valence-electron chi connectivity index (χ4n) is 2.40. The normalized spacial score (nSPS) is 24.6. The fourth-order valence-corrected chi connectivity index (χ4v) is 4.32. The lowest BCUT2D eigenvalue weighted by Crippen LogP contribution is -2.46. The number of hydrogen-bond donors (Lipinski definition) is 1. The van der Waals surface area contributed by atoms with Gasteiger partial charge in [0.05, 0.1) is 23.7 Å². The van der Waals surface area contributed by atoms with E-state index in [0.29, 0.717) is 17.1 Å². The first kappa shape index (κ1) is 15.3. The first-order chi connectivity index (χ1) is 9.34. The van der Waals surface area contributed by atoms with Gasteiger partial charge in [0.2, 0.25) is 0 Å². The van der Waals surface area contributed by atoms with Gasteiger partial charge in [-0.3, -0.25) is 4.79 Å². The highest BCUT2D eigenvalue weighted by Gasteiger charge is 2.41. The summed E-state index contributed by atoms with van der Waals surface area (Å²) in [5.74, 6) is -0.783. The Kier molecular flexibility index (Phi) is 4.36. The van der Waals surface area contributed by atoms with Gasteiger partial charge >= 0.3 is 0 Å². The molecular formula is C13H16ClNO4S. The minimum Gasteiger partial charge on any atom is -0.390 e. The molecule has 1 aliphatic heterocycles. The van der Waals surface area contributed by atoms with Crippen LogP contribution in [0.4, 0.5) is 0 Å². The van der Waals surface area contributed by atoms with Crippen LogP contribution in [0.3, 0.4) is 0 Å². The molecule has 110 valence electrons. The van der Waals surface area contributed by atoms with Crippen LogP contribution in [0.5, 0.6) is 0 Å². The fraction of sp³-hybridized carbons (Fsp3) is 0.462. The number of halogens is 1. The van der Waals surface area contributed by atoms with Crippen molar-refractivity contribution in [1.82, 2.24) is 4.90 Å². The molecule has 1 N–H and O–H groups in total. The van der Waals surface area contributed by atoms with E-state index in [1.807, 2.05) is 0 Å². The number of carbonyl (C=O) groups excluding carboxylic acids is 1. The third-order valence-corrected chi connectivity index (χ3v) is 5.34. The van der Waals surface area contributed by atoms with Gasteiger partial charge in [-0.25, -0.2) is 8.42 Å². The Morgan fingerprint density at radius 1 is 1.35 bits per heavy atom. The number of hydrogen-bond acceptors (Lipinski definition) is 4. The summed E-state index contributed by atoms with van der Waals surface area (Å²) in [7, 11) is -3.29. The topological polar surface area (TPSA) is 74.7 Å². The van der Waals surface area contributed by atoms with Crippen molar-refractivity contribution >= 4 is 27.3 Å². The molecule has 0 saturated carbocycles. The van der Waals surface area contributed by atoms with Crippen molar-refractivity contribution in [1.29, 1.82) is 0 Å². The summed E-state index contributed by atoms with van der Waals surface area (Å²) in [6.07, 6.45) is -1.03. The zero-order valence-corrected chi connectivity index (χ0v) is 12.6. The molecule has 2 rings (SSSR count). The Balaban J connectivity index is 2.24. The Hall–Kier alpha value is -1.11. The average molecular weight is 318 g/mol. The van der Waals surface area contributed by atoms with Crippen molar-refractivity contribution < 1.29 is 18.3 Å². The predicted molar refractivity (Wildman–Crippen MR) is 76.6 cm³/mol. The molecule has 0 unspecified atom stereocenters. The van der Waals surface area contributed by atoms with Gasteiger partial charge in [0.25, 0.3) is 5.91 Å². The van der Waals surface area contributed by atoms with E-state index in [-0.39, 0.29) is 17.4 Å². The first-order valence-corrected chi connectivity index (χ1v) is 8.49. The Morgan fingerprint density at radius 3 is 2.40 bits per heavy atom. The molecule has 0 bridgehead atoms. The van der Waals surface area contributed by atoms with E-state index in [9.17, 15) is 18.3 Å². The van der Waals surface area contributed by atoms with Gasteiger partial charge in [0.1, 0.15) is 0 Å². The van der Waals surface area contributed by atoms with E-state index in [4.69, 9.17) is 11.6 Å². The molecule has 1 aromatic carbocycles. The molecule has 1 aromatic rings. The van der Waals surface area contributed by atoms with Crippen molar-refractivity contribution in [2.45, 2.75) is 19.1 Å². The first-order valence-electron chi connectivity index (χ1n) is 6.29. The van der Waals surface area contributed by atoms with Crippen LogP contribution in [0.25, 0.3) is 0 Å². The summed E-state index contributed by atoms with van der Waals surface area (Å²) >= 11 is 5.77. The number of sulfone groups is 1. The van der Waals surface area contributed by atoms with Crippen molar-refractivity contribution in [2.75, 3.05) is 18.1 Å². The number of benzene rings is 1. The highest BCUT2D eigenvalue weighted by Crippen LogP contribution is 2.21. The standard InChI is InChI=1S/C13H16ClNO4S/c1-2-15(11-7-20(18,19)8-12(11)16)13(17)9-3-5-10(14)6-4-9/h3-6,11-12,16H,2,7-8H2,1H3/t11-,12+/m0/s1. The lowest BCUT2D eigenvalue weighted by atomic mass is 10.1. The smallest absolute Gasteiger partial charge is 0.254 e. The molecule has 0 aliphatic carbocycles. The molecule has 7 heteroatoms. The molecular weight excluding hydrogens is 302 g/mol. The molecule has 1 amide bonds. The molecule has 5 nitrogen and oxygen atoms in total. The number of aliphatic hydroxyl groups is 1. The minimum absolute atomic E-state index is 0.193. The van der Waals surface area contributed by atoms with Gasteiger partial charge in [0.15, 0.2) is 9.84 Å². The number of rotatable bonds is 3. The second-order valence-corrected chi connectivity index (χ2v) is 7.40. The van der Waals surface area contributed by atoms with Crippen LogP contribution < -0.4 is 0 Å². The number of carbonyl (C=O) groups is 1. The lowest BCUT2D eigenvalue weighted by Gasteiger charge is -2.29. The van der Waals surface area contributed by atoms with Crippen LogP contribution in [0.2, 0.25) is 5.02 Å². The van der Waals surface area contributed by atoms with Gasteiger partial charge in [-0.1, -0.05) is 11.6 Å². The second kappa shape index (κ2) is 5.71. The van der Waals surface area contributed by atoms with Gasteiger partial charge in [-0.05, 0) is 31.2 Å². The van der Waals surface area contributed by atoms with Crippen molar-refractivity contribution in [3.63, 3.8) is 0 Å². The van der Waals surface area contributed by atoms with Crippen LogP contribution in [-0.4, -0.2) is 54.5 Å². The van der Waals surface area contributed by atoms with Gasteiger partial charge in [-0.15, -0.1) is 0 Å². The Morgan fingerprint density at radius 2 is 1.95 bits per heavy atom. The maximum Gasteiger partial charge on any atom is 0.254 e. The van der Waals surface area contributed by atoms with Crippen LogP contribution in [0, 0.1) is 0 Å². The van der Waals surface area contributed by atoms with E-state index in [1.54, 1.807) is 31.2 Å². The highest BCUT2D eigenvalue weighted by molar-refractivity contribution is 7.91. The van der Waals surface area contributed by atoms with Crippen LogP contribution in [0.15, 0.2) is 24.3 Å². The molecule has 1 fully saturated rings. The average Bonchev–Trinajstić information content (AvgIpc) is 2.64. The lowest BCUT2D eigenvalue weighted by molar-refractivity contribution is 0.0521. The summed E-state index contributed by atoms with van der Waals surface area (Å²) in [5.41, 5.74) is 0.424. The molecule has 20 heavy (non-hydrogen) atoms. The Labute approximate surface area is 123 Å². The van der Waals surface area contributed by atoms with Gasteiger partial charge < -0.3 is 10.0 Å². The van der Waals surface area contributed by atoms with Crippen LogP contribution in [0.1, 0.15) is 17.3 Å². The van der Waals surface area contributed by atoms with Crippen molar-refractivity contribution in [2.24, 2.45) is 0 Å². The van der Waals surface area contributed by atoms with E-state index in [2.05, 4.69) is 0 Å². The summed E-state index contributed by atoms with van der Waals surface area (Å²) in [5, 5.41) is 10.4. The van der Waals surface area contributed by atoms with Crippen molar-refractivity contribution in [3.8, 4) is 0 Å². The van der Waals surface area contributed by atoms with E-state index in [0.717, 1.165) is 0 Å². The predicted octanol–water partition coefficient (Wildman–Crippen LogP) is 0.960. The summed E-state index contributed by atoms with van der Waals surface area (Å²) < 4.78 is 23.1. The number of aliphatic hydroxyl groups excluding tert-OH is 1. The van der Waals surface area contributed by atoms with Gasteiger partial charge in [0, 0.05) is 17.1 Å². The molecule has 1 saturated heterocycles. The SMILES string of the molecule is CCN(C(=O)c1ccc(Cl)cc1)[C@H]1CS(=O)(=O)C[C@H]1O. The maximum absolute atomic E-state index is 12.4. The molecule has 2 atom stereocenters. The molecule has 1 aliphatic rings. The van der Waals surface area contributed by atoms with E-state index < -0.39 is 22.0 Å². The molecule has 0 radical (unpaired) electrons. The van der Waals surface area contributed by atoms with E-state index >= 15 is 0 Å². The number of amides is 1. The second-order valence-electron chi connectivity index (χ2n) is 4.81. The molecule has 1 heterocycles. The van der Waals surface area contributed by atoms with Crippen LogP contribution in [-0.2, 0) is 9.84 Å². The quantitative estimate of drug-likeness (QED) is 0.901. The monoisotopic (exact) mass is 317 g/mol. The molecule has 0 aromatic heterocycles. The third kappa shape index (κ3) is 3.13. The van der Waals surface area contributed by atoms with Crippen molar-refractivity contribution in [3.05, 3.63) is 34.9 Å².